The molecule has 1 fully saturated rings. The monoisotopic (exact) mass is 489 g/mol. The van der Waals surface area contributed by atoms with Crippen molar-refractivity contribution in [1.29, 1.82) is 0 Å². The van der Waals surface area contributed by atoms with Crippen LogP contribution in [0.3, 0.4) is 0 Å². The summed E-state index contributed by atoms with van der Waals surface area (Å²) in [7, 11) is 0. The molecule has 0 amide bonds. The maximum atomic E-state index is 5.88. The number of rotatable bonds is 13. The van der Waals surface area contributed by atoms with Gasteiger partial charge >= 0.3 is 0 Å². The minimum Gasteiger partial charge on any atom is -0.491 e. The summed E-state index contributed by atoms with van der Waals surface area (Å²) in [5.41, 5.74) is 2.02. The quantitative estimate of drug-likeness (QED) is 0.252. The van der Waals surface area contributed by atoms with Crippen LogP contribution in [0.25, 0.3) is 11.1 Å². The summed E-state index contributed by atoms with van der Waals surface area (Å²) in [6, 6.07) is 11.0. The van der Waals surface area contributed by atoms with Gasteiger partial charge in [0.05, 0.1) is 13.2 Å². The van der Waals surface area contributed by atoms with E-state index in [0.29, 0.717) is 32.5 Å². The van der Waals surface area contributed by atoms with E-state index in [1.807, 2.05) is 39.0 Å². The average Bonchev–Trinajstić information content (AvgIpc) is 3.47. The van der Waals surface area contributed by atoms with Gasteiger partial charge in [0.1, 0.15) is 18.0 Å². The molecule has 1 aromatic heterocycles. The Morgan fingerprint density at radius 1 is 1.15 bits per heavy atom. The molecule has 1 aliphatic rings. The van der Waals surface area contributed by atoms with Crippen LogP contribution >= 0.6 is 23.7 Å². The highest BCUT2D eigenvalue weighted by atomic mass is 35.5. The van der Waals surface area contributed by atoms with Gasteiger partial charge in [0.15, 0.2) is 0 Å². The van der Waals surface area contributed by atoms with E-state index in [4.69, 9.17) is 14.2 Å². The van der Waals surface area contributed by atoms with E-state index in [0.717, 1.165) is 18.8 Å². The van der Waals surface area contributed by atoms with Crippen LogP contribution in [0.4, 0.5) is 0 Å². The van der Waals surface area contributed by atoms with Crippen LogP contribution in [0.5, 0.6) is 5.75 Å². The number of benzene rings is 1. The van der Waals surface area contributed by atoms with Gasteiger partial charge in [-0.05, 0) is 79.8 Å². The van der Waals surface area contributed by atoms with E-state index in [1.165, 1.54) is 24.0 Å². The Morgan fingerprint density at radius 2 is 2.00 bits per heavy atom. The number of halogens is 1. The third-order valence-corrected chi connectivity index (χ3v) is 5.87. The number of thiophene rings is 1. The molecule has 180 valence electrons. The summed E-state index contributed by atoms with van der Waals surface area (Å²) in [4.78, 5) is 2.47. The molecule has 1 saturated carbocycles. The van der Waals surface area contributed by atoms with E-state index in [2.05, 4.69) is 51.8 Å². The van der Waals surface area contributed by atoms with Gasteiger partial charge in [0.2, 0.25) is 0 Å². The van der Waals surface area contributed by atoms with E-state index in [1.54, 1.807) is 11.3 Å². The SMILES string of the molecule is CCOC(C)(C)C#C/C=C/CN(CCOCCOc1cccc(-c2ccsc2)c1)C1CC1.Cl. The van der Waals surface area contributed by atoms with Crippen LogP contribution < -0.4 is 4.74 Å². The van der Waals surface area contributed by atoms with Crippen LogP contribution in [0.15, 0.2) is 53.2 Å². The molecule has 4 nitrogen and oxygen atoms in total. The summed E-state index contributed by atoms with van der Waals surface area (Å²) in [5, 5.41) is 4.24. The van der Waals surface area contributed by atoms with Crippen molar-refractivity contribution in [2.24, 2.45) is 0 Å². The summed E-state index contributed by atoms with van der Waals surface area (Å²) in [5.74, 6) is 7.15. The van der Waals surface area contributed by atoms with Crippen molar-refractivity contribution >= 4 is 23.7 Å². The van der Waals surface area contributed by atoms with Crippen LogP contribution in [0, 0.1) is 11.8 Å². The number of allylic oxidation sites excluding steroid dienone is 1. The molecule has 33 heavy (non-hydrogen) atoms. The lowest BCUT2D eigenvalue weighted by molar-refractivity contribution is 0.0362. The average molecular weight is 490 g/mol. The van der Waals surface area contributed by atoms with Crippen molar-refractivity contribution in [2.45, 2.75) is 45.3 Å². The maximum absolute atomic E-state index is 5.88. The topological polar surface area (TPSA) is 30.9 Å². The Kier molecular flexibility index (Phi) is 12.0. The minimum atomic E-state index is -0.392. The fourth-order valence-electron chi connectivity index (χ4n) is 3.42. The van der Waals surface area contributed by atoms with E-state index in [-0.39, 0.29) is 12.4 Å². The van der Waals surface area contributed by atoms with Crippen LogP contribution in [0.2, 0.25) is 0 Å². The normalized spacial score (nSPS) is 13.6. The standard InChI is InChI=1S/C27H35NO3S.ClH/c1-4-31-27(2,3)14-6-5-7-15-28(25-11-12-25)16-17-29-18-19-30-26-10-8-9-23(21-26)24-13-20-32-22-24;/h5,7-10,13,20-22,25H,4,11-12,15-19H2,1-3H3;1H/b7-5+;. The molecule has 0 radical (unpaired) electrons. The molecule has 0 aliphatic heterocycles. The molecule has 1 aromatic carbocycles. The largest absolute Gasteiger partial charge is 0.491 e. The van der Waals surface area contributed by atoms with Crippen LogP contribution in [-0.2, 0) is 9.47 Å². The molecule has 0 unspecified atom stereocenters. The number of hydrogen-bond acceptors (Lipinski definition) is 5. The molecular weight excluding hydrogens is 454 g/mol. The first kappa shape index (κ1) is 27.4. The van der Waals surface area contributed by atoms with Crippen LogP contribution in [0.1, 0.15) is 33.6 Å². The Bertz CT molecular complexity index is 898. The third kappa shape index (κ3) is 10.3. The van der Waals surface area contributed by atoms with E-state index in [9.17, 15) is 0 Å². The molecule has 0 saturated heterocycles. The smallest absolute Gasteiger partial charge is 0.123 e. The van der Waals surface area contributed by atoms with Crippen molar-refractivity contribution in [1.82, 2.24) is 4.90 Å². The second kappa shape index (κ2) is 14.5. The van der Waals surface area contributed by atoms with Crippen molar-refractivity contribution in [3.63, 3.8) is 0 Å². The first-order chi connectivity index (χ1) is 15.6. The molecule has 1 aliphatic carbocycles. The molecule has 6 heteroatoms. The lowest BCUT2D eigenvalue weighted by Gasteiger charge is -2.20. The lowest BCUT2D eigenvalue weighted by atomic mass is 10.1. The van der Waals surface area contributed by atoms with Gasteiger partial charge < -0.3 is 14.2 Å². The van der Waals surface area contributed by atoms with Crippen molar-refractivity contribution in [3.8, 4) is 28.7 Å². The second-order valence-corrected chi connectivity index (χ2v) is 9.12. The van der Waals surface area contributed by atoms with Gasteiger partial charge in [0, 0.05) is 25.7 Å². The predicted molar refractivity (Wildman–Crippen MR) is 141 cm³/mol. The molecule has 0 atom stereocenters. The van der Waals surface area contributed by atoms with Gasteiger partial charge in [-0.25, -0.2) is 0 Å². The number of hydrogen-bond donors (Lipinski definition) is 0. The summed E-state index contributed by atoms with van der Waals surface area (Å²) >= 11 is 1.70. The van der Waals surface area contributed by atoms with Crippen molar-refractivity contribution in [2.75, 3.05) is 39.5 Å². The summed E-state index contributed by atoms with van der Waals surface area (Å²) < 4.78 is 17.3. The lowest BCUT2D eigenvalue weighted by Crippen LogP contribution is -2.30. The Balaban J connectivity index is 0.00000385. The van der Waals surface area contributed by atoms with Crippen molar-refractivity contribution in [3.05, 3.63) is 53.2 Å². The Hall–Kier alpha value is -1.81. The summed E-state index contributed by atoms with van der Waals surface area (Å²) in [6.45, 7) is 10.4. The highest BCUT2D eigenvalue weighted by Gasteiger charge is 2.27. The zero-order valence-corrected chi connectivity index (χ0v) is 21.6. The number of nitrogens with zero attached hydrogens (tertiary/aromatic N) is 1. The molecule has 1 heterocycles. The van der Waals surface area contributed by atoms with Gasteiger partial charge in [-0.3, -0.25) is 4.90 Å². The Labute approximate surface area is 209 Å². The fraction of sp³-hybridized carbons (Fsp3) is 0.481. The maximum Gasteiger partial charge on any atom is 0.123 e. The van der Waals surface area contributed by atoms with Gasteiger partial charge in [-0.1, -0.05) is 30.0 Å². The first-order valence-corrected chi connectivity index (χ1v) is 12.4. The van der Waals surface area contributed by atoms with E-state index >= 15 is 0 Å². The minimum absolute atomic E-state index is 0. The van der Waals surface area contributed by atoms with Gasteiger partial charge in [-0.15, -0.1) is 12.4 Å². The fourth-order valence-corrected chi connectivity index (χ4v) is 4.08. The van der Waals surface area contributed by atoms with E-state index < -0.39 is 5.60 Å². The molecule has 0 N–H and O–H groups in total. The number of ether oxygens (including phenoxy) is 3. The van der Waals surface area contributed by atoms with Gasteiger partial charge in [0.25, 0.3) is 0 Å². The second-order valence-electron chi connectivity index (χ2n) is 8.34. The third-order valence-electron chi connectivity index (χ3n) is 5.19. The Morgan fingerprint density at radius 3 is 2.73 bits per heavy atom. The molecule has 0 bridgehead atoms. The van der Waals surface area contributed by atoms with Crippen LogP contribution in [-0.4, -0.2) is 56.1 Å². The zero-order chi connectivity index (χ0) is 22.7. The molecule has 0 spiro atoms. The highest BCUT2D eigenvalue weighted by molar-refractivity contribution is 7.08. The summed E-state index contributed by atoms with van der Waals surface area (Å²) in [6.07, 6.45) is 6.63. The molecular formula is C27H36ClNO3S. The molecule has 3 rings (SSSR count). The first-order valence-electron chi connectivity index (χ1n) is 11.5. The zero-order valence-electron chi connectivity index (χ0n) is 19.9. The molecule has 2 aromatic rings. The van der Waals surface area contributed by atoms with Crippen molar-refractivity contribution < 1.29 is 14.2 Å². The highest BCUT2D eigenvalue weighted by Crippen LogP contribution is 2.27. The predicted octanol–water partition coefficient (Wildman–Crippen LogP) is 6.07. The van der Waals surface area contributed by atoms with Gasteiger partial charge in [-0.2, -0.15) is 11.3 Å².